The van der Waals surface area contributed by atoms with Crippen LogP contribution >= 0.6 is 23.2 Å². The Labute approximate surface area is 250 Å². The van der Waals surface area contributed by atoms with Crippen molar-refractivity contribution in [3.05, 3.63) is 147 Å². The Morgan fingerprint density at radius 2 is 1.26 bits per heavy atom. The molecule has 9 rings (SSSR count). The summed E-state index contributed by atoms with van der Waals surface area (Å²) in [6, 6.07) is 36.2. The lowest BCUT2D eigenvalue weighted by molar-refractivity contribution is 0.666. The third-order valence-corrected chi connectivity index (χ3v) is 9.20. The second-order valence-corrected chi connectivity index (χ2v) is 11.4. The summed E-state index contributed by atoms with van der Waals surface area (Å²) < 4.78 is 5.98. The van der Waals surface area contributed by atoms with Crippen molar-refractivity contribution in [2.45, 2.75) is 5.41 Å². The Bertz CT molecular complexity index is 2320. The van der Waals surface area contributed by atoms with Gasteiger partial charge in [-0.1, -0.05) is 96.5 Å². The zero-order valence-corrected chi connectivity index (χ0v) is 23.3. The zero-order valence-electron chi connectivity index (χ0n) is 21.8. The maximum atomic E-state index is 7.79. The van der Waals surface area contributed by atoms with Crippen molar-refractivity contribution >= 4 is 51.0 Å². The third kappa shape index (κ3) is 2.92. The molecule has 2 heterocycles. The zero-order chi connectivity index (χ0) is 28.2. The SMILES string of the molecule is [C-]#[N+]c1ccc2c(c1)C1(c3ccccc3-c3ccccc31)c1cc(-c3ccc4oc5c(Cl)nc(Cl)nc5c4c3)ccc1-2. The molecule has 0 aliphatic heterocycles. The first kappa shape index (κ1) is 23.7. The molecule has 196 valence electrons. The molecule has 0 amide bonds. The van der Waals surface area contributed by atoms with Crippen LogP contribution < -0.4 is 0 Å². The van der Waals surface area contributed by atoms with E-state index in [1.54, 1.807) is 0 Å². The molecule has 0 fully saturated rings. The van der Waals surface area contributed by atoms with E-state index in [1.165, 1.54) is 33.4 Å². The number of hydrogen-bond donors (Lipinski definition) is 0. The normalized spacial score (nSPS) is 13.6. The van der Waals surface area contributed by atoms with Crippen molar-refractivity contribution in [1.82, 2.24) is 9.97 Å². The van der Waals surface area contributed by atoms with Crippen LogP contribution in [0.5, 0.6) is 0 Å². The highest BCUT2D eigenvalue weighted by Crippen LogP contribution is 2.63. The van der Waals surface area contributed by atoms with E-state index in [0.29, 0.717) is 22.4 Å². The first-order chi connectivity index (χ1) is 20.6. The van der Waals surface area contributed by atoms with Gasteiger partial charge < -0.3 is 4.42 Å². The summed E-state index contributed by atoms with van der Waals surface area (Å²) in [5.74, 6) is 0. The van der Waals surface area contributed by atoms with E-state index in [1.807, 2.05) is 12.1 Å². The highest BCUT2D eigenvalue weighted by molar-refractivity contribution is 6.36. The summed E-state index contributed by atoms with van der Waals surface area (Å²) in [5, 5.41) is 1.10. The van der Waals surface area contributed by atoms with Crippen LogP contribution in [0.25, 0.3) is 60.3 Å². The number of furan rings is 1. The topological polar surface area (TPSA) is 43.3 Å². The number of fused-ring (bicyclic) bond motifs is 13. The van der Waals surface area contributed by atoms with Gasteiger partial charge in [-0.3, -0.25) is 0 Å². The molecule has 0 radical (unpaired) electrons. The minimum atomic E-state index is -0.532. The summed E-state index contributed by atoms with van der Waals surface area (Å²) >= 11 is 12.5. The van der Waals surface area contributed by atoms with Gasteiger partial charge in [-0.2, -0.15) is 0 Å². The van der Waals surface area contributed by atoms with Crippen LogP contribution in [0.1, 0.15) is 22.3 Å². The van der Waals surface area contributed by atoms with Crippen molar-refractivity contribution in [2.24, 2.45) is 0 Å². The van der Waals surface area contributed by atoms with E-state index in [-0.39, 0.29) is 10.4 Å². The van der Waals surface area contributed by atoms with E-state index in [2.05, 4.69) is 106 Å². The summed E-state index contributed by atoms with van der Waals surface area (Å²) in [5.41, 5.74) is 13.5. The van der Waals surface area contributed by atoms with E-state index in [0.717, 1.165) is 27.6 Å². The van der Waals surface area contributed by atoms with Crippen LogP contribution in [0.2, 0.25) is 10.4 Å². The van der Waals surface area contributed by atoms with E-state index in [9.17, 15) is 0 Å². The lowest BCUT2D eigenvalue weighted by Crippen LogP contribution is -2.25. The first-order valence-corrected chi connectivity index (χ1v) is 14.3. The van der Waals surface area contributed by atoms with Crippen LogP contribution in [-0.4, -0.2) is 9.97 Å². The maximum Gasteiger partial charge on any atom is 0.224 e. The molecule has 0 bridgehead atoms. The standard InChI is InChI=1S/C36H17Cl2N3O/c1-39-21-12-14-25-24-13-10-20(19-11-15-31-26(16-19)32-33(42-31)34(37)41-35(38)40-32)17-29(24)36(30(25)18-21)27-8-4-2-6-22(27)23-7-3-5-9-28(23)36/h2-18H. The molecular weight excluding hydrogens is 561 g/mol. The van der Waals surface area contributed by atoms with E-state index in [4.69, 9.17) is 34.2 Å². The van der Waals surface area contributed by atoms with Gasteiger partial charge in [-0.15, -0.1) is 0 Å². The number of nitrogens with zero attached hydrogens (tertiary/aromatic N) is 3. The summed E-state index contributed by atoms with van der Waals surface area (Å²) in [7, 11) is 0. The van der Waals surface area contributed by atoms with Crippen molar-refractivity contribution < 1.29 is 4.42 Å². The number of benzene rings is 5. The van der Waals surface area contributed by atoms with Crippen LogP contribution in [0.15, 0.2) is 108 Å². The van der Waals surface area contributed by atoms with Crippen molar-refractivity contribution in [3.8, 4) is 33.4 Å². The summed E-state index contributed by atoms with van der Waals surface area (Å²) in [4.78, 5) is 12.3. The highest BCUT2D eigenvalue weighted by atomic mass is 35.5. The fourth-order valence-electron chi connectivity index (χ4n) is 7.14. The number of aromatic nitrogens is 2. The van der Waals surface area contributed by atoms with Crippen LogP contribution in [-0.2, 0) is 5.41 Å². The molecule has 0 atom stereocenters. The predicted molar refractivity (Wildman–Crippen MR) is 167 cm³/mol. The van der Waals surface area contributed by atoms with Gasteiger partial charge in [0.1, 0.15) is 11.1 Å². The fourth-order valence-corrected chi connectivity index (χ4v) is 7.56. The van der Waals surface area contributed by atoms with Gasteiger partial charge in [-0.05, 0) is 85.4 Å². The minimum Gasteiger partial charge on any atom is -0.451 e. The van der Waals surface area contributed by atoms with Crippen molar-refractivity contribution in [1.29, 1.82) is 0 Å². The van der Waals surface area contributed by atoms with Gasteiger partial charge >= 0.3 is 0 Å². The average molecular weight is 578 g/mol. The molecular formula is C36H17Cl2N3O. The van der Waals surface area contributed by atoms with Crippen LogP contribution in [0.3, 0.4) is 0 Å². The number of hydrogen-bond acceptors (Lipinski definition) is 3. The van der Waals surface area contributed by atoms with E-state index >= 15 is 0 Å². The molecule has 0 N–H and O–H groups in total. The lowest BCUT2D eigenvalue weighted by Gasteiger charge is -2.31. The van der Waals surface area contributed by atoms with Gasteiger partial charge in [0.2, 0.25) is 5.28 Å². The molecule has 2 aliphatic carbocycles. The highest BCUT2D eigenvalue weighted by Gasteiger charge is 2.51. The first-order valence-electron chi connectivity index (χ1n) is 13.5. The third-order valence-electron chi connectivity index (χ3n) is 8.78. The molecule has 4 nitrogen and oxygen atoms in total. The molecule has 2 aliphatic rings. The maximum absolute atomic E-state index is 7.79. The molecule has 5 aromatic carbocycles. The smallest absolute Gasteiger partial charge is 0.224 e. The predicted octanol–water partition coefficient (Wildman–Crippen LogP) is 10.2. The Kier molecular flexibility index (Phi) is 4.69. The van der Waals surface area contributed by atoms with E-state index < -0.39 is 5.41 Å². The van der Waals surface area contributed by atoms with Crippen LogP contribution in [0, 0.1) is 6.57 Å². The minimum absolute atomic E-state index is 0.0789. The lowest BCUT2D eigenvalue weighted by atomic mass is 9.70. The molecule has 6 heteroatoms. The summed E-state index contributed by atoms with van der Waals surface area (Å²) in [6.07, 6.45) is 0. The van der Waals surface area contributed by atoms with Gasteiger partial charge in [0, 0.05) is 5.39 Å². The van der Waals surface area contributed by atoms with Crippen LogP contribution in [0.4, 0.5) is 5.69 Å². The Morgan fingerprint density at radius 1 is 0.643 bits per heavy atom. The number of halogens is 2. The molecule has 42 heavy (non-hydrogen) atoms. The Morgan fingerprint density at radius 3 is 2.00 bits per heavy atom. The van der Waals surface area contributed by atoms with Gasteiger partial charge in [0.25, 0.3) is 0 Å². The molecule has 0 saturated carbocycles. The molecule has 0 unspecified atom stereocenters. The van der Waals surface area contributed by atoms with Gasteiger partial charge in [0.05, 0.1) is 12.0 Å². The summed E-state index contributed by atoms with van der Waals surface area (Å²) in [6.45, 7) is 7.79. The second kappa shape index (κ2) is 8.30. The molecule has 2 aromatic heterocycles. The average Bonchev–Trinajstić information content (AvgIpc) is 3.64. The van der Waals surface area contributed by atoms with Gasteiger partial charge in [-0.25, -0.2) is 14.8 Å². The Hall–Kier alpha value is -4.95. The van der Waals surface area contributed by atoms with Crippen molar-refractivity contribution in [3.63, 3.8) is 0 Å². The molecule has 1 spiro atoms. The monoisotopic (exact) mass is 577 g/mol. The quantitative estimate of drug-likeness (QED) is 0.111. The largest absolute Gasteiger partial charge is 0.451 e. The Balaban J connectivity index is 1.35. The fraction of sp³-hybridized carbons (Fsp3) is 0.0278. The molecule has 0 saturated heterocycles. The second-order valence-electron chi connectivity index (χ2n) is 10.7. The van der Waals surface area contributed by atoms with Crippen molar-refractivity contribution in [2.75, 3.05) is 0 Å². The van der Waals surface area contributed by atoms with Gasteiger partial charge in [0.15, 0.2) is 16.4 Å². The number of rotatable bonds is 1. The molecule has 7 aromatic rings.